The van der Waals surface area contributed by atoms with E-state index in [4.69, 9.17) is 0 Å². The Labute approximate surface area is 86.5 Å². The zero-order chi connectivity index (χ0) is 10.0. The lowest BCUT2D eigenvalue weighted by atomic mass is 9.66. The molecule has 1 saturated carbocycles. The van der Waals surface area contributed by atoms with Gasteiger partial charge < -0.3 is 5.32 Å². The van der Waals surface area contributed by atoms with Crippen LogP contribution in [0.1, 0.15) is 38.7 Å². The van der Waals surface area contributed by atoms with Crippen LogP contribution in [-0.4, -0.2) is 6.54 Å². The van der Waals surface area contributed by atoms with Crippen molar-refractivity contribution in [2.24, 2.45) is 0 Å². The van der Waals surface area contributed by atoms with E-state index in [0.29, 0.717) is 5.41 Å². The van der Waals surface area contributed by atoms with E-state index in [1.807, 2.05) is 13.8 Å². The van der Waals surface area contributed by atoms with E-state index in [2.05, 4.69) is 29.6 Å². The second-order valence-electron chi connectivity index (χ2n) is 4.03. The molecule has 0 aromatic heterocycles. The van der Waals surface area contributed by atoms with Crippen molar-refractivity contribution in [1.29, 1.82) is 0 Å². The summed E-state index contributed by atoms with van der Waals surface area (Å²) >= 11 is 0. The Bertz CT molecular complexity index is 313. The molecule has 1 aliphatic heterocycles. The SMILES string of the molecule is CC.c1ccc2c(c1)NCC21CCC1. The molecule has 0 saturated heterocycles. The van der Waals surface area contributed by atoms with Crippen LogP contribution in [0.3, 0.4) is 0 Å². The van der Waals surface area contributed by atoms with Gasteiger partial charge in [-0.15, -0.1) is 0 Å². The number of benzene rings is 1. The van der Waals surface area contributed by atoms with E-state index >= 15 is 0 Å². The van der Waals surface area contributed by atoms with Crippen molar-refractivity contribution in [2.45, 2.75) is 38.5 Å². The third-order valence-corrected chi connectivity index (χ3v) is 3.43. The highest BCUT2D eigenvalue weighted by Crippen LogP contribution is 2.49. The van der Waals surface area contributed by atoms with Gasteiger partial charge in [0.05, 0.1) is 0 Å². The Balaban J connectivity index is 0.000000354. The van der Waals surface area contributed by atoms with E-state index in [1.54, 1.807) is 5.56 Å². The second-order valence-corrected chi connectivity index (χ2v) is 4.03. The van der Waals surface area contributed by atoms with Crippen molar-refractivity contribution in [2.75, 3.05) is 11.9 Å². The molecule has 14 heavy (non-hydrogen) atoms. The molecular weight excluding hydrogens is 170 g/mol. The number of fused-ring (bicyclic) bond motifs is 2. The summed E-state index contributed by atoms with van der Waals surface area (Å²) < 4.78 is 0. The van der Waals surface area contributed by atoms with Gasteiger partial charge in [0.25, 0.3) is 0 Å². The van der Waals surface area contributed by atoms with E-state index in [-0.39, 0.29) is 0 Å². The standard InChI is InChI=1S/C11H13N.C2H6/c1-2-5-10-9(4-1)11(8-12-10)6-3-7-11;1-2/h1-2,4-5,12H,3,6-8H2;1-2H3. The van der Waals surface area contributed by atoms with Crippen LogP contribution in [-0.2, 0) is 5.41 Å². The molecule has 1 heteroatoms. The minimum Gasteiger partial charge on any atom is -0.384 e. The van der Waals surface area contributed by atoms with Gasteiger partial charge >= 0.3 is 0 Å². The zero-order valence-corrected chi connectivity index (χ0v) is 9.14. The highest BCUT2D eigenvalue weighted by Gasteiger charge is 2.43. The fraction of sp³-hybridized carbons (Fsp3) is 0.538. The normalized spacial score (nSPS) is 20.1. The fourth-order valence-electron chi connectivity index (χ4n) is 2.51. The van der Waals surface area contributed by atoms with E-state index in [0.717, 1.165) is 0 Å². The van der Waals surface area contributed by atoms with Crippen molar-refractivity contribution < 1.29 is 0 Å². The van der Waals surface area contributed by atoms with Gasteiger partial charge in [-0.3, -0.25) is 0 Å². The molecule has 1 aliphatic carbocycles. The van der Waals surface area contributed by atoms with Crippen molar-refractivity contribution in [1.82, 2.24) is 0 Å². The molecule has 3 rings (SSSR count). The molecule has 1 fully saturated rings. The van der Waals surface area contributed by atoms with Crippen LogP contribution in [0.15, 0.2) is 24.3 Å². The lowest BCUT2D eigenvalue weighted by Crippen LogP contribution is -2.35. The molecule has 2 aliphatic rings. The van der Waals surface area contributed by atoms with Crippen LogP contribution < -0.4 is 5.32 Å². The van der Waals surface area contributed by atoms with Gasteiger partial charge in [-0.2, -0.15) is 0 Å². The van der Waals surface area contributed by atoms with Crippen LogP contribution in [0, 0.1) is 0 Å². The number of hydrogen-bond donors (Lipinski definition) is 1. The monoisotopic (exact) mass is 189 g/mol. The minimum atomic E-state index is 0.538. The average Bonchev–Trinajstić information content (AvgIpc) is 2.59. The molecule has 1 N–H and O–H groups in total. The summed E-state index contributed by atoms with van der Waals surface area (Å²) in [5.74, 6) is 0. The van der Waals surface area contributed by atoms with Crippen LogP contribution in [0.2, 0.25) is 0 Å². The lowest BCUT2D eigenvalue weighted by molar-refractivity contribution is 0.272. The van der Waals surface area contributed by atoms with Crippen molar-refractivity contribution in [3.63, 3.8) is 0 Å². The third kappa shape index (κ3) is 1.23. The Hall–Kier alpha value is -0.980. The number of anilines is 1. The van der Waals surface area contributed by atoms with Crippen LogP contribution >= 0.6 is 0 Å². The molecule has 1 nitrogen and oxygen atoms in total. The third-order valence-electron chi connectivity index (χ3n) is 3.43. The smallest absolute Gasteiger partial charge is 0.0379 e. The molecule has 1 spiro atoms. The van der Waals surface area contributed by atoms with E-state index < -0.39 is 0 Å². The first-order valence-corrected chi connectivity index (χ1v) is 5.74. The van der Waals surface area contributed by atoms with Crippen LogP contribution in [0.25, 0.3) is 0 Å². The highest BCUT2D eigenvalue weighted by atomic mass is 14.9. The minimum absolute atomic E-state index is 0.538. The number of hydrogen-bond acceptors (Lipinski definition) is 1. The summed E-state index contributed by atoms with van der Waals surface area (Å²) in [4.78, 5) is 0. The summed E-state index contributed by atoms with van der Waals surface area (Å²) in [7, 11) is 0. The summed E-state index contributed by atoms with van der Waals surface area (Å²) in [6.07, 6.45) is 4.18. The molecule has 0 atom stereocenters. The van der Waals surface area contributed by atoms with Gasteiger partial charge in [0.1, 0.15) is 0 Å². The van der Waals surface area contributed by atoms with Gasteiger partial charge in [-0.05, 0) is 24.5 Å². The Morgan fingerprint density at radius 1 is 1.14 bits per heavy atom. The van der Waals surface area contributed by atoms with Crippen LogP contribution in [0.5, 0.6) is 0 Å². The summed E-state index contributed by atoms with van der Waals surface area (Å²) in [5, 5.41) is 3.49. The predicted molar refractivity (Wildman–Crippen MR) is 61.8 cm³/mol. The average molecular weight is 189 g/mol. The van der Waals surface area contributed by atoms with Gasteiger partial charge in [0, 0.05) is 17.6 Å². The first-order chi connectivity index (χ1) is 6.91. The zero-order valence-electron chi connectivity index (χ0n) is 9.14. The topological polar surface area (TPSA) is 12.0 Å². The number of para-hydroxylation sites is 1. The summed E-state index contributed by atoms with van der Waals surface area (Å²) in [5.41, 5.74) is 3.48. The highest BCUT2D eigenvalue weighted by molar-refractivity contribution is 5.61. The fourth-order valence-corrected chi connectivity index (χ4v) is 2.51. The summed E-state index contributed by atoms with van der Waals surface area (Å²) in [6, 6.07) is 8.76. The van der Waals surface area contributed by atoms with Gasteiger partial charge in [-0.1, -0.05) is 38.5 Å². The Kier molecular flexibility index (Phi) is 2.49. The molecule has 0 radical (unpaired) electrons. The van der Waals surface area contributed by atoms with Gasteiger partial charge in [0.2, 0.25) is 0 Å². The van der Waals surface area contributed by atoms with E-state index in [1.165, 1.54) is 31.5 Å². The predicted octanol–water partition coefficient (Wildman–Crippen LogP) is 3.56. The molecule has 1 aromatic rings. The Morgan fingerprint density at radius 3 is 2.50 bits per heavy atom. The van der Waals surface area contributed by atoms with Crippen molar-refractivity contribution in [3.8, 4) is 0 Å². The van der Waals surface area contributed by atoms with Gasteiger partial charge in [0.15, 0.2) is 0 Å². The van der Waals surface area contributed by atoms with E-state index in [9.17, 15) is 0 Å². The molecular formula is C13H19N. The number of rotatable bonds is 0. The second kappa shape index (κ2) is 3.64. The first-order valence-electron chi connectivity index (χ1n) is 5.74. The van der Waals surface area contributed by atoms with Gasteiger partial charge in [-0.25, -0.2) is 0 Å². The largest absolute Gasteiger partial charge is 0.384 e. The quantitative estimate of drug-likeness (QED) is 0.658. The maximum Gasteiger partial charge on any atom is 0.0379 e. The maximum absolute atomic E-state index is 3.49. The van der Waals surface area contributed by atoms with Crippen molar-refractivity contribution >= 4 is 5.69 Å². The molecule has 0 unspecified atom stereocenters. The molecule has 1 heterocycles. The lowest BCUT2D eigenvalue weighted by Gasteiger charge is -2.38. The number of nitrogens with one attached hydrogen (secondary N) is 1. The van der Waals surface area contributed by atoms with Crippen molar-refractivity contribution in [3.05, 3.63) is 29.8 Å². The molecule has 0 bridgehead atoms. The summed E-state index contributed by atoms with van der Waals surface area (Å²) in [6.45, 7) is 5.17. The van der Waals surface area contributed by atoms with Crippen LogP contribution in [0.4, 0.5) is 5.69 Å². The molecule has 0 amide bonds. The Morgan fingerprint density at radius 2 is 1.86 bits per heavy atom. The molecule has 1 aromatic carbocycles. The molecule has 76 valence electrons. The first kappa shape index (κ1) is 9.57. The maximum atomic E-state index is 3.49.